The zero-order valence-electron chi connectivity index (χ0n) is 13.6. The molecule has 0 saturated carbocycles. The van der Waals surface area contributed by atoms with Crippen LogP contribution in [0.2, 0.25) is 0 Å². The van der Waals surface area contributed by atoms with Crippen LogP contribution >= 0.6 is 0 Å². The highest BCUT2D eigenvalue weighted by Gasteiger charge is 2.25. The summed E-state index contributed by atoms with van der Waals surface area (Å²) >= 11 is 0. The third-order valence-electron chi connectivity index (χ3n) is 3.93. The summed E-state index contributed by atoms with van der Waals surface area (Å²) in [6.07, 6.45) is 5.14. The van der Waals surface area contributed by atoms with Gasteiger partial charge in [0.1, 0.15) is 11.5 Å². The van der Waals surface area contributed by atoms with Crippen LogP contribution in [0.3, 0.4) is 0 Å². The Morgan fingerprint density at radius 1 is 1.42 bits per heavy atom. The average Bonchev–Trinajstić information content (AvgIpc) is 3.02. The van der Waals surface area contributed by atoms with E-state index in [2.05, 4.69) is 15.3 Å². The molecule has 0 unspecified atom stereocenters. The molecule has 0 aliphatic carbocycles. The monoisotopic (exact) mass is 328 g/mol. The largest absolute Gasteiger partial charge is 0.441 e. The second-order valence-electron chi connectivity index (χ2n) is 5.78. The lowest BCUT2D eigenvalue weighted by Crippen LogP contribution is -2.36. The minimum atomic E-state index is -0.0735. The Hall–Kier alpha value is -2.70. The number of carbonyl (C=O) groups is 2. The first kappa shape index (κ1) is 16.2. The van der Waals surface area contributed by atoms with E-state index in [1.54, 1.807) is 17.3 Å². The first-order valence-corrected chi connectivity index (χ1v) is 8.04. The summed E-state index contributed by atoms with van der Waals surface area (Å²) in [6, 6.07) is 3.73. The van der Waals surface area contributed by atoms with Crippen molar-refractivity contribution in [2.75, 3.05) is 13.1 Å². The van der Waals surface area contributed by atoms with Crippen molar-refractivity contribution in [2.24, 2.45) is 0 Å². The number of nitrogens with zero attached hydrogens (tertiary/aromatic N) is 3. The van der Waals surface area contributed by atoms with E-state index in [1.165, 1.54) is 6.92 Å². The summed E-state index contributed by atoms with van der Waals surface area (Å²) in [5.41, 5.74) is 1.65. The standard InChI is InChI=1S/C17H20N4O3/c1-12(22)19-8-3-5-16(23)21-9-6-15-14(11-21)20-17(24-15)13-4-2-7-18-10-13/h2,4,7,10H,3,5-6,8-9,11H2,1H3,(H,19,22). The van der Waals surface area contributed by atoms with E-state index < -0.39 is 0 Å². The van der Waals surface area contributed by atoms with Gasteiger partial charge in [-0.15, -0.1) is 0 Å². The molecule has 0 aromatic carbocycles. The van der Waals surface area contributed by atoms with Gasteiger partial charge in [0.15, 0.2) is 0 Å². The first-order valence-electron chi connectivity index (χ1n) is 8.04. The van der Waals surface area contributed by atoms with E-state index >= 15 is 0 Å². The fraction of sp³-hybridized carbons (Fsp3) is 0.412. The number of hydrogen-bond donors (Lipinski definition) is 1. The van der Waals surface area contributed by atoms with Gasteiger partial charge in [-0.1, -0.05) is 0 Å². The van der Waals surface area contributed by atoms with Crippen molar-refractivity contribution in [3.63, 3.8) is 0 Å². The Bertz CT molecular complexity index is 727. The topological polar surface area (TPSA) is 88.3 Å². The van der Waals surface area contributed by atoms with E-state index in [1.807, 2.05) is 12.1 Å². The maximum absolute atomic E-state index is 12.3. The summed E-state index contributed by atoms with van der Waals surface area (Å²) in [6.45, 7) is 3.10. The van der Waals surface area contributed by atoms with Crippen molar-refractivity contribution in [2.45, 2.75) is 32.7 Å². The molecule has 2 amide bonds. The zero-order valence-corrected chi connectivity index (χ0v) is 13.6. The molecule has 0 fully saturated rings. The van der Waals surface area contributed by atoms with Crippen LogP contribution < -0.4 is 5.32 Å². The highest BCUT2D eigenvalue weighted by molar-refractivity contribution is 5.76. The predicted molar refractivity (Wildman–Crippen MR) is 86.8 cm³/mol. The highest BCUT2D eigenvalue weighted by Crippen LogP contribution is 2.25. The Kier molecular flexibility index (Phi) is 4.88. The Morgan fingerprint density at radius 2 is 2.29 bits per heavy atom. The van der Waals surface area contributed by atoms with Gasteiger partial charge in [0.2, 0.25) is 17.7 Å². The number of amides is 2. The second kappa shape index (κ2) is 7.25. The number of hydrogen-bond acceptors (Lipinski definition) is 5. The van der Waals surface area contributed by atoms with Crippen LogP contribution in [0.25, 0.3) is 11.5 Å². The first-order chi connectivity index (χ1) is 11.6. The molecule has 7 nitrogen and oxygen atoms in total. The fourth-order valence-corrected chi connectivity index (χ4v) is 2.69. The van der Waals surface area contributed by atoms with Gasteiger partial charge < -0.3 is 14.6 Å². The van der Waals surface area contributed by atoms with Crippen molar-refractivity contribution >= 4 is 11.8 Å². The molecule has 0 spiro atoms. The van der Waals surface area contributed by atoms with Crippen molar-refractivity contribution in [3.8, 4) is 11.5 Å². The molecule has 7 heteroatoms. The maximum Gasteiger partial charge on any atom is 0.228 e. The Balaban J connectivity index is 1.59. The number of carbonyl (C=O) groups excluding carboxylic acids is 2. The minimum absolute atomic E-state index is 0.0735. The quantitative estimate of drug-likeness (QED) is 0.841. The smallest absolute Gasteiger partial charge is 0.228 e. The molecule has 1 N–H and O–H groups in total. The second-order valence-corrected chi connectivity index (χ2v) is 5.78. The summed E-state index contributed by atoms with van der Waals surface area (Å²) < 4.78 is 5.81. The average molecular weight is 328 g/mol. The Morgan fingerprint density at radius 3 is 3.04 bits per heavy atom. The van der Waals surface area contributed by atoms with E-state index in [4.69, 9.17) is 4.42 Å². The number of rotatable bonds is 5. The number of oxazole rings is 1. The van der Waals surface area contributed by atoms with Gasteiger partial charge in [0.05, 0.1) is 12.1 Å². The van der Waals surface area contributed by atoms with E-state index in [0.29, 0.717) is 44.8 Å². The summed E-state index contributed by atoms with van der Waals surface area (Å²) in [7, 11) is 0. The minimum Gasteiger partial charge on any atom is -0.441 e. The molecule has 0 saturated heterocycles. The van der Waals surface area contributed by atoms with Gasteiger partial charge in [-0.25, -0.2) is 4.98 Å². The van der Waals surface area contributed by atoms with Crippen LogP contribution in [0, 0.1) is 0 Å². The number of pyridine rings is 1. The molecular formula is C17H20N4O3. The lowest BCUT2D eigenvalue weighted by molar-refractivity contribution is -0.132. The predicted octanol–water partition coefficient (Wildman–Crippen LogP) is 1.54. The van der Waals surface area contributed by atoms with Crippen LogP contribution in [-0.4, -0.2) is 39.8 Å². The van der Waals surface area contributed by atoms with Gasteiger partial charge >= 0.3 is 0 Å². The molecule has 126 valence electrons. The molecule has 3 rings (SSSR count). The summed E-state index contributed by atoms with van der Waals surface area (Å²) in [4.78, 5) is 33.5. The van der Waals surface area contributed by atoms with Crippen molar-refractivity contribution < 1.29 is 14.0 Å². The third-order valence-corrected chi connectivity index (χ3v) is 3.93. The number of aromatic nitrogens is 2. The number of fused-ring (bicyclic) bond motifs is 1. The molecule has 0 radical (unpaired) electrons. The molecule has 0 bridgehead atoms. The van der Waals surface area contributed by atoms with Crippen molar-refractivity contribution in [1.82, 2.24) is 20.2 Å². The maximum atomic E-state index is 12.3. The van der Waals surface area contributed by atoms with E-state index in [0.717, 1.165) is 17.0 Å². The SMILES string of the molecule is CC(=O)NCCCC(=O)N1CCc2oc(-c3cccnc3)nc2C1. The number of nitrogens with one attached hydrogen (secondary N) is 1. The molecule has 3 heterocycles. The van der Waals surface area contributed by atoms with Crippen LogP contribution in [0.1, 0.15) is 31.2 Å². The highest BCUT2D eigenvalue weighted by atomic mass is 16.4. The van der Waals surface area contributed by atoms with Crippen LogP contribution in [0.5, 0.6) is 0 Å². The van der Waals surface area contributed by atoms with Gasteiger partial charge in [-0.2, -0.15) is 0 Å². The van der Waals surface area contributed by atoms with Crippen LogP contribution in [0.15, 0.2) is 28.9 Å². The van der Waals surface area contributed by atoms with Gasteiger partial charge in [-0.05, 0) is 18.6 Å². The van der Waals surface area contributed by atoms with Crippen molar-refractivity contribution in [3.05, 3.63) is 36.0 Å². The molecule has 1 aliphatic heterocycles. The molecule has 2 aromatic heterocycles. The van der Waals surface area contributed by atoms with Crippen LogP contribution in [0.4, 0.5) is 0 Å². The molecule has 1 aliphatic rings. The zero-order chi connectivity index (χ0) is 16.9. The van der Waals surface area contributed by atoms with Crippen molar-refractivity contribution in [1.29, 1.82) is 0 Å². The van der Waals surface area contributed by atoms with Crippen LogP contribution in [-0.2, 0) is 22.6 Å². The summed E-state index contributed by atoms with van der Waals surface area (Å²) in [5.74, 6) is 1.40. The third kappa shape index (κ3) is 3.79. The molecular weight excluding hydrogens is 308 g/mol. The van der Waals surface area contributed by atoms with E-state index in [9.17, 15) is 9.59 Å². The van der Waals surface area contributed by atoms with Gasteiger partial charge in [-0.3, -0.25) is 14.6 Å². The lowest BCUT2D eigenvalue weighted by atomic mass is 10.1. The normalized spacial score (nSPS) is 13.5. The lowest BCUT2D eigenvalue weighted by Gasteiger charge is -2.25. The molecule has 24 heavy (non-hydrogen) atoms. The molecule has 0 atom stereocenters. The van der Waals surface area contributed by atoms with Gasteiger partial charge in [0.25, 0.3) is 0 Å². The Labute approximate surface area is 140 Å². The molecule has 2 aromatic rings. The van der Waals surface area contributed by atoms with Gasteiger partial charge in [0, 0.05) is 45.2 Å². The summed E-state index contributed by atoms with van der Waals surface area (Å²) in [5, 5.41) is 2.70. The fourth-order valence-electron chi connectivity index (χ4n) is 2.69. The van der Waals surface area contributed by atoms with E-state index in [-0.39, 0.29) is 11.8 Å².